The molecular weight excluding hydrogens is 257 g/mol. The minimum absolute atomic E-state index is 0. The van der Waals surface area contributed by atoms with E-state index in [1.54, 1.807) is 12.2 Å². The molecule has 0 amide bonds. The Morgan fingerprint density at radius 1 is 1.35 bits per heavy atom. The fraction of sp³-hybridized carbons (Fsp3) is 0.308. The zero-order valence-electron chi connectivity index (χ0n) is 10.0. The van der Waals surface area contributed by atoms with Crippen LogP contribution in [0.5, 0.6) is 0 Å². The second-order valence-electron chi connectivity index (χ2n) is 3.87. The number of hydrogen-bond acceptors (Lipinski definition) is 2. The normalized spacial score (nSPS) is 10.6. The molecule has 0 saturated carbocycles. The molecule has 0 aliphatic rings. The van der Waals surface area contributed by atoms with Crippen LogP contribution in [0.1, 0.15) is 12.0 Å². The number of halogens is 2. The highest BCUT2D eigenvalue weighted by Gasteiger charge is 1.99. The largest absolute Gasteiger partial charge is 0.309 e. The number of nitrogens with zero attached hydrogens (tertiary/aromatic N) is 1. The third-order valence-electron chi connectivity index (χ3n) is 2.16. The number of hydrogen-bond donors (Lipinski definition) is 0. The number of ketones is 1. The van der Waals surface area contributed by atoms with E-state index in [1.807, 2.05) is 43.3 Å². The Labute approximate surface area is 114 Å². The lowest BCUT2D eigenvalue weighted by molar-refractivity contribution is -0.114. The fourth-order valence-electron chi connectivity index (χ4n) is 1.21. The van der Waals surface area contributed by atoms with Gasteiger partial charge in [-0.05, 0) is 37.9 Å². The molecule has 1 aromatic rings. The minimum atomic E-state index is 0. The van der Waals surface area contributed by atoms with Gasteiger partial charge in [-0.15, -0.1) is 12.4 Å². The first-order chi connectivity index (χ1) is 7.59. The van der Waals surface area contributed by atoms with Crippen LogP contribution in [0.25, 0.3) is 6.08 Å². The first kappa shape index (κ1) is 16.2. The summed E-state index contributed by atoms with van der Waals surface area (Å²) in [4.78, 5) is 13.5. The van der Waals surface area contributed by atoms with Crippen molar-refractivity contribution in [1.29, 1.82) is 0 Å². The number of benzene rings is 1. The van der Waals surface area contributed by atoms with Crippen LogP contribution in [0.4, 0.5) is 0 Å². The topological polar surface area (TPSA) is 20.3 Å². The summed E-state index contributed by atoms with van der Waals surface area (Å²) in [6, 6.07) is 7.47. The lowest BCUT2D eigenvalue weighted by Crippen LogP contribution is -2.15. The number of carbonyl (C=O) groups excluding carboxylic acids is 1. The van der Waals surface area contributed by atoms with Crippen molar-refractivity contribution >= 4 is 35.9 Å². The van der Waals surface area contributed by atoms with Crippen molar-refractivity contribution in [2.24, 2.45) is 0 Å². The van der Waals surface area contributed by atoms with E-state index >= 15 is 0 Å². The standard InChI is InChI=1S/C13H16ClNO.ClH/c1-15(2)10-9-12(16)8-7-11-5-3-4-6-13(11)14;/h3-8H,9-10H2,1-2H3;1H/b8-7+;. The van der Waals surface area contributed by atoms with Gasteiger partial charge in [-0.2, -0.15) is 0 Å². The fourth-order valence-corrected chi connectivity index (χ4v) is 1.41. The average Bonchev–Trinajstić information content (AvgIpc) is 2.25. The van der Waals surface area contributed by atoms with Crippen molar-refractivity contribution in [2.45, 2.75) is 6.42 Å². The molecule has 0 bridgehead atoms. The predicted octanol–water partition coefficient (Wildman–Crippen LogP) is 3.30. The van der Waals surface area contributed by atoms with Gasteiger partial charge in [0.05, 0.1) is 0 Å². The van der Waals surface area contributed by atoms with Crippen molar-refractivity contribution in [3.63, 3.8) is 0 Å². The maximum atomic E-state index is 11.5. The van der Waals surface area contributed by atoms with Crippen LogP contribution in [0, 0.1) is 0 Å². The number of carbonyl (C=O) groups is 1. The highest BCUT2D eigenvalue weighted by Crippen LogP contribution is 2.16. The van der Waals surface area contributed by atoms with Crippen molar-refractivity contribution in [3.05, 3.63) is 40.9 Å². The summed E-state index contributed by atoms with van der Waals surface area (Å²) in [5.41, 5.74) is 0.877. The van der Waals surface area contributed by atoms with Gasteiger partial charge < -0.3 is 4.90 Å². The molecule has 1 rings (SSSR count). The van der Waals surface area contributed by atoms with E-state index in [1.165, 1.54) is 0 Å². The van der Waals surface area contributed by atoms with Crippen LogP contribution in [-0.4, -0.2) is 31.3 Å². The third-order valence-corrected chi connectivity index (χ3v) is 2.50. The first-order valence-electron chi connectivity index (χ1n) is 5.20. The maximum Gasteiger partial charge on any atom is 0.156 e. The number of rotatable bonds is 5. The van der Waals surface area contributed by atoms with E-state index in [-0.39, 0.29) is 18.2 Å². The van der Waals surface area contributed by atoms with Crippen LogP contribution in [0.15, 0.2) is 30.3 Å². The molecule has 0 spiro atoms. The molecule has 0 unspecified atom stereocenters. The van der Waals surface area contributed by atoms with Crippen molar-refractivity contribution in [2.75, 3.05) is 20.6 Å². The molecule has 0 aliphatic heterocycles. The Balaban J connectivity index is 0.00000256. The monoisotopic (exact) mass is 273 g/mol. The highest BCUT2D eigenvalue weighted by molar-refractivity contribution is 6.32. The SMILES string of the molecule is CN(C)CCC(=O)/C=C/c1ccccc1Cl.Cl. The third kappa shape index (κ3) is 6.47. The maximum absolute atomic E-state index is 11.5. The molecule has 2 nitrogen and oxygen atoms in total. The van der Waals surface area contributed by atoms with E-state index in [9.17, 15) is 4.79 Å². The quantitative estimate of drug-likeness (QED) is 0.768. The number of allylic oxidation sites excluding steroid dienone is 1. The first-order valence-corrected chi connectivity index (χ1v) is 5.57. The van der Waals surface area contributed by atoms with Gasteiger partial charge in [-0.1, -0.05) is 29.8 Å². The van der Waals surface area contributed by atoms with Crippen LogP contribution in [0.2, 0.25) is 5.02 Å². The summed E-state index contributed by atoms with van der Waals surface area (Å²) >= 11 is 5.96. The van der Waals surface area contributed by atoms with Gasteiger partial charge in [-0.25, -0.2) is 0 Å². The van der Waals surface area contributed by atoms with E-state index in [4.69, 9.17) is 11.6 Å². The van der Waals surface area contributed by atoms with Crippen molar-refractivity contribution < 1.29 is 4.79 Å². The second kappa shape index (κ2) is 8.29. The molecule has 17 heavy (non-hydrogen) atoms. The van der Waals surface area contributed by atoms with Crippen LogP contribution >= 0.6 is 24.0 Å². The van der Waals surface area contributed by atoms with Gasteiger partial charge in [0.1, 0.15) is 0 Å². The molecule has 0 N–H and O–H groups in total. The molecule has 0 atom stereocenters. The Bertz CT molecular complexity index is 389. The van der Waals surface area contributed by atoms with Crippen molar-refractivity contribution in [3.8, 4) is 0 Å². The Morgan fingerprint density at radius 3 is 2.59 bits per heavy atom. The van der Waals surface area contributed by atoms with Crippen molar-refractivity contribution in [1.82, 2.24) is 4.90 Å². The lowest BCUT2D eigenvalue weighted by Gasteiger charge is -2.06. The zero-order chi connectivity index (χ0) is 12.0. The Kier molecular flexibility index (Phi) is 7.88. The molecule has 0 radical (unpaired) electrons. The zero-order valence-corrected chi connectivity index (χ0v) is 11.6. The van der Waals surface area contributed by atoms with Gasteiger partial charge >= 0.3 is 0 Å². The van der Waals surface area contributed by atoms with Crippen LogP contribution in [0.3, 0.4) is 0 Å². The summed E-state index contributed by atoms with van der Waals surface area (Å²) in [6.45, 7) is 0.770. The minimum Gasteiger partial charge on any atom is -0.309 e. The van der Waals surface area contributed by atoms with E-state index in [0.29, 0.717) is 11.4 Å². The Morgan fingerprint density at radius 2 is 2.00 bits per heavy atom. The van der Waals surface area contributed by atoms with E-state index in [2.05, 4.69) is 0 Å². The summed E-state index contributed by atoms with van der Waals surface area (Å²) in [5, 5.41) is 0.666. The van der Waals surface area contributed by atoms with Gasteiger partial charge in [0.25, 0.3) is 0 Å². The second-order valence-corrected chi connectivity index (χ2v) is 4.28. The lowest BCUT2D eigenvalue weighted by atomic mass is 10.1. The summed E-state index contributed by atoms with van der Waals surface area (Å²) in [7, 11) is 3.90. The summed E-state index contributed by atoms with van der Waals surface area (Å²) in [5.74, 6) is 0.119. The molecular formula is C13H17Cl2NO. The average molecular weight is 274 g/mol. The molecule has 0 heterocycles. The molecule has 1 aromatic carbocycles. The van der Waals surface area contributed by atoms with Gasteiger partial charge in [-0.3, -0.25) is 4.79 Å². The van der Waals surface area contributed by atoms with E-state index < -0.39 is 0 Å². The predicted molar refractivity (Wildman–Crippen MR) is 75.9 cm³/mol. The Hall–Kier alpha value is -0.830. The molecule has 0 aliphatic carbocycles. The van der Waals surface area contributed by atoms with E-state index in [0.717, 1.165) is 12.1 Å². The van der Waals surface area contributed by atoms with Crippen LogP contribution < -0.4 is 0 Å². The highest BCUT2D eigenvalue weighted by atomic mass is 35.5. The van der Waals surface area contributed by atoms with Gasteiger partial charge in [0.15, 0.2) is 5.78 Å². The molecule has 0 fully saturated rings. The molecule has 94 valence electrons. The molecule has 4 heteroatoms. The van der Waals surface area contributed by atoms with Gasteiger partial charge in [0.2, 0.25) is 0 Å². The van der Waals surface area contributed by atoms with Gasteiger partial charge in [0, 0.05) is 18.0 Å². The smallest absolute Gasteiger partial charge is 0.156 e. The molecule has 0 saturated heterocycles. The summed E-state index contributed by atoms with van der Waals surface area (Å²) in [6.07, 6.45) is 3.89. The molecule has 0 aromatic heterocycles. The van der Waals surface area contributed by atoms with Crippen LogP contribution in [-0.2, 0) is 4.79 Å². The summed E-state index contributed by atoms with van der Waals surface area (Å²) < 4.78 is 0.